The van der Waals surface area contributed by atoms with Crippen molar-refractivity contribution >= 4 is 15.5 Å². The van der Waals surface area contributed by atoms with Gasteiger partial charge in [-0.2, -0.15) is 0 Å². The second kappa shape index (κ2) is 7.93. The summed E-state index contributed by atoms with van der Waals surface area (Å²) < 4.78 is 37.7. The Labute approximate surface area is 199 Å². The molecule has 34 heavy (non-hydrogen) atoms. The number of ether oxygens (including phenoxy) is 2. The second-order valence-corrected chi connectivity index (χ2v) is 12.9. The number of methoxy groups -OCH3 is 1. The molecular formula is C25H30N4O4S. The number of pyridine rings is 2. The Morgan fingerprint density at radius 2 is 1.79 bits per heavy atom. The van der Waals surface area contributed by atoms with E-state index in [2.05, 4.69) is 15.2 Å². The zero-order valence-corrected chi connectivity index (χ0v) is 20.4. The van der Waals surface area contributed by atoms with Crippen molar-refractivity contribution in [2.75, 3.05) is 20.0 Å². The molecule has 4 saturated carbocycles. The fraction of sp³-hybridized carbons (Fsp3) is 0.560. The summed E-state index contributed by atoms with van der Waals surface area (Å²) in [6, 6.07) is 5.65. The first-order valence-corrected chi connectivity index (χ1v) is 14.0. The lowest BCUT2D eigenvalue weighted by molar-refractivity contribution is -0.0744. The number of hydrogen-bond acceptors (Lipinski definition) is 7. The molecule has 7 rings (SSSR count). The van der Waals surface area contributed by atoms with Crippen LogP contribution in [0.2, 0.25) is 0 Å². The Hall–Kier alpha value is -2.68. The Morgan fingerprint density at radius 3 is 2.44 bits per heavy atom. The lowest BCUT2D eigenvalue weighted by atomic mass is 9.50. The monoisotopic (exact) mass is 482 g/mol. The van der Waals surface area contributed by atoms with Crippen LogP contribution in [-0.4, -0.2) is 48.0 Å². The maximum atomic E-state index is 11.9. The van der Waals surface area contributed by atoms with Crippen molar-refractivity contribution < 1.29 is 17.9 Å². The number of fused-ring (bicyclic) bond motifs is 1. The van der Waals surface area contributed by atoms with Crippen molar-refractivity contribution in [3.63, 3.8) is 0 Å². The predicted octanol–water partition coefficient (Wildman–Crippen LogP) is 3.94. The van der Waals surface area contributed by atoms with Gasteiger partial charge in [0.2, 0.25) is 5.88 Å². The third-order valence-corrected chi connectivity index (χ3v) is 8.70. The molecule has 0 amide bonds. The summed E-state index contributed by atoms with van der Waals surface area (Å²) >= 11 is 0. The summed E-state index contributed by atoms with van der Waals surface area (Å²) in [5.41, 5.74) is 2.39. The molecule has 3 aromatic rings. The van der Waals surface area contributed by atoms with E-state index in [0.717, 1.165) is 28.9 Å². The van der Waals surface area contributed by atoms with Gasteiger partial charge in [-0.15, -0.1) is 10.2 Å². The van der Waals surface area contributed by atoms with Crippen LogP contribution in [0, 0.1) is 23.2 Å². The van der Waals surface area contributed by atoms with Gasteiger partial charge in [-0.25, -0.2) is 13.4 Å². The number of hydrogen-bond donors (Lipinski definition) is 0. The summed E-state index contributed by atoms with van der Waals surface area (Å²) in [4.78, 5) is 4.36. The molecule has 4 bridgehead atoms. The molecule has 4 aliphatic rings. The lowest BCUT2D eigenvalue weighted by Gasteiger charge is -2.56. The lowest BCUT2D eigenvalue weighted by Crippen LogP contribution is -2.48. The van der Waals surface area contributed by atoms with Gasteiger partial charge in [0.05, 0.1) is 13.7 Å². The van der Waals surface area contributed by atoms with Gasteiger partial charge < -0.3 is 9.47 Å². The van der Waals surface area contributed by atoms with E-state index in [1.165, 1.54) is 44.8 Å². The summed E-state index contributed by atoms with van der Waals surface area (Å²) in [6.45, 7) is 0.687. The third-order valence-electron chi connectivity index (χ3n) is 7.92. The molecule has 0 radical (unpaired) electrons. The maximum Gasteiger partial charge on any atom is 0.221 e. The molecular weight excluding hydrogens is 452 g/mol. The zero-order chi connectivity index (χ0) is 23.5. The van der Waals surface area contributed by atoms with Gasteiger partial charge in [0.15, 0.2) is 21.3 Å². The standard InChI is InChI=1S/C25H30N4O4S/c1-32-24-19(4-3-5-26-24)20-13-29-22(27-28-23(29)14-34(2,30)31)9-21(20)33-15-25-10-16-6-17(11-25)8-18(7-16)12-25/h3-5,9,13,16-18H,6-8,10-12,14-15H2,1-2H3. The van der Waals surface area contributed by atoms with Crippen LogP contribution in [0.25, 0.3) is 16.8 Å². The van der Waals surface area contributed by atoms with E-state index in [4.69, 9.17) is 9.47 Å². The molecule has 0 unspecified atom stereocenters. The first-order valence-electron chi connectivity index (χ1n) is 12.0. The highest BCUT2D eigenvalue weighted by atomic mass is 32.2. The van der Waals surface area contributed by atoms with Crippen LogP contribution in [0.3, 0.4) is 0 Å². The van der Waals surface area contributed by atoms with Crippen LogP contribution in [0.4, 0.5) is 0 Å². The number of nitrogens with zero attached hydrogens (tertiary/aromatic N) is 4. The molecule has 0 aromatic carbocycles. The summed E-state index contributed by atoms with van der Waals surface area (Å²) in [7, 11) is -1.68. The molecule has 9 heteroatoms. The molecule has 180 valence electrons. The Bertz CT molecular complexity index is 1310. The Balaban J connectivity index is 1.40. The minimum absolute atomic E-state index is 0.189. The molecule has 0 atom stereocenters. The van der Waals surface area contributed by atoms with Crippen LogP contribution >= 0.6 is 0 Å². The normalized spacial score (nSPS) is 27.9. The van der Waals surface area contributed by atoms with E-state index < -0.39 is 9.84 Å². The Morgan fingerprint density at radius 1 is 1.09 bits per heavy atom. The van der Waals surface area contributed by atoms with Gasteiger partial charge in [0, 0.05) is 41.3 Å². The minimum atomic E-state index is -3.27. The SMILES string of the molecule is COc1ncccc1-c1cn2c(CS(C)(=O)=O)nnc2cc1OCC12CC3CC(CC(C3)C1)C2. The van der Waals surface area contributed by atoms with Crippen LogP contribution in [0.15, 0.2) is 30.6 Å². The highest BCUT2D eigenvalue weighted by molar-refractivity contribution is 7.89. The fourth-order valence-corrected chi connectivity index (χ4v) is 7.74. The minimum Gasteiger partial charge on any atom is -0.492 e. The molecule has 3 aromatic heterocycles. The predicted molar refractivity (Wildman–Crippen MR) is 127 cm³/mol. The van der Waals surface area contributed by atoms with Crippen molar-refractivity contribution in [2.45, 2.75) is 44.3 Å². The first kappa shape index (κ1) is 21.8. The number of aromatic nitrogens is 4. The van der Waals surface area contributed by atoms with Crippen LogP contribution in [-0.2, 0) is 15.6 Å². The molecule has 4 fully saturated rings. The Kier molecular flexibility index (Phi) is 5.09. The summed E-state index contributed by atoms with van der Waals surface area (Å²) in [6.07, 6.45) is 12.7. The van der Waals surface area contributed by atoms with Gasteiger partial charge in [-0.1, -0.05) is 0 Å². The van der Waals surface area contributed by atoms with E-state index in [0.29, 0.717) is 29.7 Å². The maximum absolute atomic E-state index is 11.9. The molecule has 8 nitrogen and oxygen atoms in total. The van der Waals surface area contributed by atoms with E-state index in [1.807, 2.05) is 24.4 Å². The van der Waals surface area contributed by atoms with E-state index in [9.17, 15) is 8.42 Å². The molecule has 4 aliphatic carbocycles. The van der Waals surface area contributed by atoms with Crippen molar-refractivity contribution in [2.24, 2.45) is 23.2 Å². The average molecular weight is 483 g/mol. The summed E-state index contributed by atoms with van der Waals surface area (Å²) in [5, 5.41) is 8.38. The largest absolute Gasteiger partial charge is 0.492 e. The molecule has 0 N–H and O–H groups in total. The highest BCUT2D eigenvalue weighted by Crippen LogP contribution is 2.60. The van der Waals surface area contributed by atoms with Gasteiger partial charge in [-0.3, -0.25) is 4.40 Å². The molecule has 0 saturated heterocycles. The van der Waals surface area contributed by atoms with Crippen molar-refractivity contribution in [3.05, 3.63) is 36.4 Å². The topological polar surface area (TPSA) is 95.7 Å². The average Bonchev–Trinajstić information content (AvgIpc) is 3.16. The summed E-state index contributed by atoms with van der Waals surface area (Å²) in [5.74, 6) is 3.92. The van der Waals surface area contributed by atoms with Gasteiger partial charge in [0.25, 0.3) is 0 Å². The highest BCUT2D eigenvalue weighted by Gasteiger charge is 2.51. The number of rotatable bonds is 7. The zero-order valence-electron chi connectivity index (χ0n) is 19.6. The second-order valence-electron chi connectivity index (χ2n) is 10.7. The van der Waals surface area contributed by atoms with Crippen LogP contribution < -0.4 is 9.47 Å². The van der Waals surface area contributed by atoms with Gasteiger partial charge in [-0.05, 0) is 68.4 Å². The quantitative estimate of drug-likeness (QED) is 0.503. The van der Waals surface area contributed by atoms with Crippen molar-refractivity contribution in [3.8, 4) is 22.8 Å². The molecule has 3 heterocycles. The first-order chi connectivity index (χ1) is 16.3. The molecule has 0 spiro atoms. The van der Waals surface area contributed by atoms with Crippen LogP contribution in [0.5, 0.6) is 11.6 Å². The molecule has 0 aliphatic heterocycles. The fourth-order valence-electron chi connectivity index (χ4n) is 7.08. The van der Waals surface area contributed by atoms with Crippen molar-refractivity contribution in [1.82, 2.24) is 19.6 Å². The van der Waals surface area contributed by atoms with Crippen molar-refractivity contribution in [1.29, 1.82) is 0 Å². The van der Waals surface area contributed by atoms with E-state index in [1.54, 1.807) is 17.7 Å². The van der Waals surface area contributed by atoms with E-state index >= 15 is 0 Å². The van der Waals surface area contributed by atoms with Crippen LogP contribution in [0.1, 0.15) is 44.3 Å². The number of sulfone groups is 1. The third kappa shape index (κ3) is 3.93. The smallest absolute Gasteiger partial charge is 0.221 e. The van der Waals surface area contributed by atoms with E-state index in [-0.39, 0.29) is 11.2 Å². The van der Waals surface area contributed by atoms with Gasteiger partial charge in [0.1, 0.15) is 11.5 Å². The van der Waals surface area contributed by atoms with Gasteiger partial charge >= 0.3 is 0 Å².